The van der Waals surface area contributed by atoms with Gasteiger partial charge in [-0.2, -0.15) is 5.10 Å². The molecular formula is C23H25N3O2. The Balaban J connectivity index is 1.63. The number of methoxy groups -OCH3 is 1. The molecule has 0 unspecified atom stereocenters. The van der Waals surface area contributed by atoms with Crippen molar-refractivity contribution in [1.82, 2.24) is 9.99 Å². The molecule has 0 fully saturated rings. The van der Waals surface area contributed by atoms with Crippen LogP contribution in [0.1, 0.15) is 28.9 Å². The molecule has 144 valence electrons. The normalized spacial score (nSPS) is 11.0. The zero-order chi connectivity index (χ0) is 19.9. The Labute approximate surface area is 165 Å². The lowest BCUT2D eigenvalue weighted by molar-refractivity contribution is -0.121. The SMILES string of the molecule is COc1ccc(-n2c(C)cc(/C=N\NC(=O)CCc3ccccc3)c2C)cc1. The van der Waals surface area contributed by atoms with Gasteiger partial charge in [-0.05, 0) is 56.2 Å². The standard InChI is InChI=1S/C23H25N3O2/c1-17-15-20(18(2)26(17)21-10-12-22(28-3)13-11-21)16-24-25-23(27)14-9-19-7-5-4-6-8-19/h4-8,10-13,15-16H,9,14H2,1-3H3,(H,25,27)/b24-16-. The maximum atomic E-state index is 12.0. The van der Waals surface area contributed by atoms with Crippen LogP contribution in [-0.4, -0.2) is 23.8 Å². The predicted molar refractivity (Wildman–Crippen MR) is 112 cm³/mol. The first-order valence-electron chi connectivity index (χ1n) is 9.27. The number of hydrogen-bond acceptors (Lipinski definition) is 3. The van der Waals surface area contributed by atoms with Crippen LogP contribution in [0.4, 0.5) is 0 Å². The molecule has 3 rings (SSSR count). The molecule has 0 bridgehead atoms. The van der Waals surface area contributed by atoms with Crippen molar-refractivity contribution in [3.05, 3.63) is 83.2 Å². The second-order valence-electron chi connectivity index (χ2n) is 6.64. The van der Waals surface area contributed by atoms with Gasteiger partial charge in [0.15, 0.2) is 0 Å². The average Bonchev–Trinajstić information content (AvgIpc) is 3.00. The predicted octanol–water partition coefficient (Wildman–Crippen LogP) is 4.19. The van der Waals surface area contributed by atoms with E-state index in [1.165, 1.54) is 0 Å². The number of carbonyl (C=O) groups is 1. The number of rotatable bonds is 7. The van der Waals surface area contributed by atoms with E-state index in [-0.39, 0.29) is 5.91 Å². The molecule has 1 N–H and O–H groups in total. The van der Waals surface area contributed by atoms with Crippen LogP contribution in [0.15, 0.2) is 65.8 Å². The van der Waals surface area contributed by atoms with E-state index in [4.69, 9.17) is 4.74 Å². The minimum absolute atomic E-state index is 0.0935. The molecule has 1 aromatic heterocycles. The number of nitrogens with zero attached hydrogens (tertiary/aromatic N) is 2. The minimum atomic E-state index is -0.0935. The third-order valence-corrected chi connectivity index (χ3v) is 4.68. The van der Waals surface area contributed by atoms with E-state index in [1.54, 1.807) is 13.3 Å². The lowest BCUT2D eigenvalue weighted by Crippen LogP contribution is -2.17. The number of aromatic nitrogens is 1. The van der Waals surface area contributed by atoms with Crippen LogP contribution in [0.5, 0.6) is 5.75 Å². The largest absolute Gasteiger partial charge is 0.497 e. The molecule has 1 heterocycles. The topological polar surface area (TPSA) is 55.6 Å². The lowest BCUT2D eigenvalue weighted by Gasteiger charge is -2.10. The molecule has 0 aliphatic heterocycles. The number of hydrazone groups is 1. The van der Waals surface area contributed by atoms with E-state index in [0.717, 1.165) is 34.0 Å². The molecule has 2 aromatic carbocycles. The van der Waals surface area contributed by atoms with Crippen LogP contribution in [0.2, 0.25) is 0 Å². The quantitative estimate of drug-likeness (QED) is 0.497. The summed E-state index contributed by atoms with van der Waals surface area (Å²) in [5.41, 5.74) is 7.94. The van der Waals surface area contributed by atoms with Crippen molar-refractivity contribution >= 4 is 12.1 Å². The van der Waals surface area contributed by atoms with Crippen molar-refractivity contribution in [3.8, 4) is 11.4 Å². The summed E-state index contributed by atoms with van der Waals surface area (Å²) in [5, 5.41) is 4.13. The number of ether oxygens (including phenoxy) is 1. The highest BCUT2D eigenvalue weighted by Gasteiger charge is 2.09. The highest BCUT2D eigenvalue weighted by Crippen LogP contribution is 2.21. The van der Waals surface area contributed by atoms with Gasteiger partial charge < -0.3 is 9.30 Å². The zero-order valence-electron chi connectivity index (χ0n) is 16.5. The summed E-state index contributed by atoms with van der Waals surface area (Å²) in [7, 11) is 1.66. The summed E-state index contributed by atoms with van der Waals surface area (Å²) in [6.07, 6.45) is 2.81. The van der Waals surface area contributed by atoms with Crippen LogP contribution in [0.3, 0.4) is 0 Å². The van der Waals surface area contributed by atoms with E-state index in [1.807, 2.05) is 68.4 Å². The summed E-state index contributed by atoms with van der Waals surface area (Å²) in [6.45, 7) is 4.09. The smallest absolute Gasteiger partial charge is 0.240 e. The monoisotopic (exact) mass is 375 g/mol. The second-order valence-corrected chi connectivity index (χ2v) is 6.64. The molecule has 3 aromatic rings. The first kappa shape index (κ1) is 19.4. The molecule has 0 spiro atoms. The van der Waals surface area contributed by atoms with Gasteiger partial charge in [-0.1, -0.05) is 30.3 Å². The molecule has 5 heteroatoms. The number of amides is 1. The van der Waals surface area contributed by atoms with Crippen molar-refractivity contribution in [2.24, 2.45) is 5.10 Å². The Bertz CT molecular complexity index is 958. The van der Waals surface area contributed by atoms with Crippen LogP contribution in [0.25, 0.3) is 5.69 Å². The molecule has 1 amide bonds. The van der Waals surface area contributed by atoms with Crippen molar-refractivity contribution in [2.45, 2.75) is 26.7 Å². The maximum absolute atomic E-state index is 12.0. The van der Waals surface area contributed by atoms with Gasteiger partial charge >= 0.3 is 0 Å². The Hall–Kier alpha value is -3.34. The summed E-state index contributed by atoms with van der Waals surface area (Å²) in [5.74, 6) is 0.732. The first-order valence-corrected chi connectivity index (χ1v) is 9.27. The van der Waals surface area contributed by atoms with Gasteiger partial charge in [-0.25, -0.2) is 5.43 Å². The fourth-order valence-corrected chi connectivity index (χ4v) is 3.18. The molecule has 0 aliphatic rings. The second kappa shape index (κ2) is 9.04. The molecule has 0 atom stereocenters. The highest BCUT2D eigenvalue weighted by molar-refractivity contribution is 5.84. The van der Waals surface area contributed by atoms with Gasteiger partial charge in [-0.15, -0.1) is 0 Å². The number of benzene rings is 2. The Morgan fingerprint density at radius 3 is 2.50 bits per heavy atom. The fraction of sp³-hybridized carbons (Fsp3) is 0.217. The van der Waals surface area contributed by atoms with E-state index in [9.17, 15) is 4.79 Å². The summed E-state index contributed by atoms with van der Waals surface area (Å²) < 4.78 is 7.37. The molecule has 0 radical (unpaired) electrons. The van der Waals surface area contributed by atoms with Crippen LogP contribution in [-0.2, 0) is 11.2 Å². The Kier molecular flexibility index (Phi) is 6.27. The van der Waals surface area contributed by atoms with Gasteiger partial charge in [0.1, 0.15) is 5.75 Å². The van der Waals surface area contributed by atoms with Gasteiger partial charge in [0.2, 0.25) is 5.91 Å². The Morgan fingerprint density at radius 2 is 1.82 bits per heavy atom. The van der Waals surface area contributed by atoms with Gasteiger partial charge in [0, 0.05) is 29.1 Å². The third-order valence-electron chi connectivity index (χ3n) is 4.68. The first-order chi connectivity index (χ1) is 13.6. The van der Waals surface area contributed by atoms with Crippen molar-refractivity contribution in [2.75, 3.05) is 7.11 Å². The number of carbonyl (C=O) groups excluding carboxylic acids is 1. The molecule has 0 aliphatic carbocycles. The molecule has 5 nitrogen and oxygen atoms in total. The number of aryl methyl sites for hydroxylation is 2. The van der Waals surface area contributed by atoms with Gasteiger partial charge in [0.05, 0.1) is 13.3 Å². The maximum Gasteiger partial charge on any atom is 0.240 e. The Morgan fingerprint density at radius 1 is 1.11 bits per heavy atom. The van der Waals surface area contributed by atoms with Gasteiger partial charge in [0.25, 0.3) is 0 Å². The number of hydrogen-bond donors (Lipinski definition) is 1. The molecule has 28 heavy (non-hydrogen) atoms. The van der Waals surface area contributed by atoms with E-state index >= 15 is 0 Å². The highest BCUT2D eigenvalue weighted by atomic mass is 16.5. The van der Waals surface area contributed by atoms with Crippen LogP contribution >= 0.6 is 0 Å². The summed E-state index contributed by atoms with van der Waals surface area (Å²) >= 11 is 0. The summed E-state index contributed by atoms with van der Waals surface area (Å²) in [6, 6.07) is 19.9. The third kappa shape index (κ3) is 4.68. The summed E-state index contributed by atoms with van der Waals surface area (Å²) in [4.78, 5) is 12.0. The van der Waals surface area contributed by atoms with E-state index in [0.29, 0.717) is 12.8 Å². The van der Waals surface area contributed by atoms with Crippen molar-refractivity contribution in [3.63, 3.8) is 0 Å². The van der Waals surface area contributed by atoms with E-state index < -0.39 is 0 Å². The zero-order valence-corrected chi connectivity index (χ0v) is 16.5. The minimum Gasteiger partial charge on any atom is -0.497 e. The molecule has 0 saturated carbocycles. The van der Waals surface area contributed by atoms with Crippen molar-refractivity contribution in [1.29, 1.82) is 0 Å². The van der Waals surface area contributed by atoms with Gasteiger partial charge in [-0.3, -0.25) is 4.79 Å². The van der Waals surface area contributed by atoms with E-state index in [2.05, 4.69) is 21.2 Å². The average molecular weight is 375 g/mol. The molecule has 0 saturated heterocycles. The fourth-order valence-electron chi connectivity index (χ4n) is 3.18. The number of nitrogens with one attached hydrogen (secondary N) is 1. The lowest BCUT2D eigenvalue weighted by atomic mass is 10.1. The van der Waals surface area contributed by atoms with Crippen LogP contribution < -0.4 is 10.2 Å². The van der Waals surface area contributed by atoms with Crippen LogP contribution in [0, 0.1) is 13.8 Å². The molecular weight excluding hydrogens is 350 g/mol. The van der Waals surface area contributed by atoms with Crippen molar-refractivity contribution < 1.29 is 9.53 Å².